The highest BCUT2D eigenvalue weighted by atomic mass is 16.4. The predicted molar refractivity (Wildman–Crippen MR) is 51.4 cm³/mol. The van der Waals surface area contributed by atoms with Crippen LogP contribution in [0.1, 0.15) is 16.8 Å². The molecular weight excluding hydrogens is 182 g/mol. The first-order valence-corrected chi connectivity index (χ1v) is 4.25. The van der Waals surface area contributed by atoms with E-state index >= 15 is 0 Å². The third kappa shape index (κ3) is 3.26. The molecule has 14 heavy (non-hydrogen) atoms. The van der Waals surface area contributed by atoms with Gasteiger partial charge in [-0.3, -0.25) is 4.79 Å². The Labute approximate surface area is 81.6 Å². The Balaban J connectivity index is 2.40. The van der Waals surface area contributed by atoms with Crippen molar-refractivity contribution in [1.82, 2.24) is 5.32 Å². The minimum atomic E-state index is -1.11. The summed E-state index contributed by atoms with van der Waals surface area (Å²) in [5.41, 5.74) is 0.611. The molecule has 0 bridgehead atoms. The van der Waals surface area contributed by atoms with Crippen LogP contribution in [0.2, 0.25) is 0 Å². The highest BCUT2D eigenvalue weighted by Crippen LogP contribution is 2.01. The monoisotopic (exact) mass is 193 g/mol. The van der Waals surface area contributed by atoms with Crippen LogP contribution in [-0.4, -0.2) is 23.5 Å². The van der Waals surface area contributed by atoms with E-state index in [9.17, 15) is 9.59 Å². The van der Waals surface area contributed by atoms with E-state index in [4.69, 9.17) is 5.11 Å². The molecule has 1 aromatic carbocycles. The molecule has 0 saturated carbocycles. The molecule has 0 aliphatic carbocycles. The van der Waals surface area contributed by atoms with Crippen molar-refractivity contribution in [3.8, 4) is 0 Å². The molecule has 0 spiro atoms. The minimum absolute atomic E-state index is 0.0562. The smallest absolute Gasteiger partial charge is 0.404 e. The summed E-state index contributed by atoms with van der Waals surface area (Å²) in [6.07, 6.45) is -0.915. The maximum atomic E-state index is 11.4. The van der Waals surface area contributed by atoms with Crippen LogP contribution in [0, 0.1) is 0 Å². The largest absolute Gasteiger partial charge is 0.465 e. The van der Waals surface area contributed by atoms with Crippen LogP contribution in [0.5, 0.6) is 0 Å². The molecule has 0 aromatic heterocycles. The summed E-state index contributed by atoms with van der Waals surface area (Å²) in [5, 5.41) is 10.4. The van der Waals surface area contributed by atoms with Crippen LogP contribution in [0.25, 0.3) is 0 Å². The Hall–Kier alpha value is -1.84. The van der Waals surface area contributed by atoms with Gasteiger partial charge in [0.2, 0.25) is 0 Å². The Morgan fingerprint density at radius 2 is 1.86 bits per heavy atom. The summed E-state index contributed by atoms with van der Waals surface area (Å²) in [5.74, 6) is -0.0562. The van der Waals surface area contributed by atoms with Gasteiger partial charge in [0.1, 0.15) is 0 Å². The summed E-state index contributed by atoms with van der Waals surface area (Å²) in [4.78, 5) is 21.5. The number of Topliss-reactive ketones (excluding diaryl/α,β-unsaturated/α-hetero) is 1. The highest BCUT2D eigenvalue weighted by molar-refractivity contribution is 5.96. The topological polar surface area (TPSA) is 66.4 Å². The van der Waals surface area contributed by atoms with Crippen LogP contribution in [0.15, 0.2) is 30.3 Å². The average Bonchev–Trinajstić information content (AvgIpc) is 2.18. The van der Waals surface area contributed by atoms with Gasteiger partial charge in [0.15, 0.2) is 5.78 Å². The lowest BCUT2D eigenvalue weighted by atomic mass is 10.1. The summed E-state index contributed by atoms with van der Waals surface area (Å²) < 4.78 is 0. The maximum absolute atomic E-state index is 11.4. The molecule has 2 N–H and O–H groups in total. The predicted octanol–water partition coefficient (Wildman–Crippen LogP) is 1.53. The molecule has 1 rings (SSSR count). The second-order valence-electron chi connectivity index (χ2n) is 2.77. The van der Waals surface area contributed by atoms with Crippen molar-refractivity contribution in [3.63, 3.8) is 0 Å². The molecule has 4 heteroatoms. The maximum Gasteiger partial charge on any atom is 0.404 e. The molecule has 1 aromatic rings. The summed E-state index contributed by atoms with van der Waals surface area (Å²) in [7, 11) is 0. The van der Waals surface area contributed by atoms with Crippen molar-refractivity contribution in [2.45, 2.75) is 6.42 Å². The van der Waals surface area contributed by atoms with Crippen LogP contribution in [0.4, 0.5) is 4.79 Å². The average molecular weight is 193 g/mol. The zero-order valence-electron chi connectivity index (χ0n) is 7.56. The molecule has 0 aliphatic heterocycles. The van der Waals surface area contributed by atoms with Gasteiger partial charge in [0, 0.05) is 18.5 Å². The van der Waals surface area contributed by atoms with Crippen molar-refractivity contribution < 1.29 is 14.7 Å². The van der Waals surface area contributed by atoms with E-state index in [-0.39, 0.29) is 18.7 Å². The fourth-order valence-corrected chi connectivity index (χ4v) is 1.05. The molecule has 0 radical (unpaired) electrons. The van der Waals surface area contributed by atoms with Gasteiger partial charge < -0.3 is 10.4 Å². The standard InChI is InChI=1S/C10H11NO3/c12-9(6-7-11-10(13)14)8-4-2-1-3-5-8/h1-5,11H,6-7H2,(H,13,14). The first-order chi connectivity index (χ1) is 6.70. The first kappa shape index (κ1) is 10.2. The van der Waals surface area contributed by atoms with Crippen molar-refractivity contribution >= 4 is 11.9 Å². The summed E-state index contributed by atoms with van der Waals surface area (Å²) in [6, 6.07) is 8.80. The van der Waals surface area contributed by atoms with E-state index in [1.54, 1.807) is 24.3 Å². The number of carboxylic acid groups (broad SMARTS) is 1. The van der Waals surface area contributed by atoms with E-state index in [0.29, 0.717) is 5.56 Å². The van der Waals surface area contributed by atoms with Crippen molar-refractivity contribution in [2.75, 3.05) is 6.54 Å². The molecule has 4 nitrogen and oxygen atoms in total. The van der Waals surface area contributed by atoms with Crippen molar-refractivity contribution in [3.05, 3.63) is 35.9 Å². The van der Waals surface area contributed by atoms with Crippen LogP contribution < -0.4 is 5.32 Å². The molecule has 1 amide bonds. The van der Waals surface area contributed by atoms with Gasteiger partial charge in [-0.1, -0.05) is 30.3 Å². The number of nitrogens with one attached hydrogen (secondary N) is 1. The number of rotatable bonds is 4. The Kier molecular flexibility index (Phi) is 3.67. The third-order valence-electron chi connectivity index (χ3n) is 1.72. The third-order valence-corrected chi connectivity index (χ3v) is 1.72. The number of benzene rings is 1. The SMILES string of the molecule is O=C(O)NCCC(=O)c1ccccc1. The Morgan fingerprint density at radius 3 is 2.43 bits per heavy atom. The molecular formula is C10H11NO3. The zero-order chi connectivity index (χ0) is 10.4. The second kappa shape index (κ2) is 5.01. The number of hydrogen-bond donors (Lipinski definition) is 2. The Bertz CT molecular complexity index is 321. The lowest BCUT2D eigenvalue weighted by molar-refractivity contribution is 0.0983. The van der Waals surface area contributed by atoms with Crippen molar-refractivity contribution in [1.29, 1.82) is 0 Å². The molecule has 0 saturated heterocycles. The quantitative estimate of drug-likeness (QED) is 0.712. The van der Waals surface area contributed by atoms with Crippen molar-refractivity contribution in [2.24, 2.45) is 0 Å². The van der Waals surface area contributed by atoms with Crippen LogP contribution in [-0.2, 0) is 0 Å². The lowest BCUT2D eigenvalue weighted by Crippen LogP contribution is -2.23. The minimum Gasteiger partial charge on any atom is -0.465 e. The van der Waals surface area contributed by atoms with Gasteiger partial charge in [0.05, 0.1) is 0 Å². The first-order valence-electron chi connectivity index (χ1n) is 4.25. The van der Waals surface area contributed by atoms with E-state index in [0.717, 1.165) is 0 Å². The van der Waals surface area contributed by atoms with Gasteiger partial charge in [-0.15, -0.1) is 0 Å². The number of hydrogen-bond acceptors (Lipinski definition) is 2. The number of carbonyl (C=O) groups is 2. The van der Waals surface area contributed by atoms with E-state index < -0.39 is 6.09 Å². The van der Waals surface area contributed by atoms with E-state index in [2.05, 4.69) is 5.32 Å². The normalized spacial score (nSPS) is 9.43. The van der Waals surface area contributed by atoms with Gasteiger partial charge in [-0.05, 0) is 0 Å². The molecule has 0 atom stereocenters. The summed E-state index contributed by atoms with van der Waals surface area (Å²) in [6.45, 7) is 0.156. The number of carbonyl (C=O) groups excluding carboxylic acids is 1. The highest BCUT2D eigenvalue weighted by Gasteiger charge is 2.04. The van der Waals surface area contributed by atoms with Gasteiger partial charge >= 0.3 is 6.09 Å². The zero-order valence-corrected chi connectivity index (χ0v) is 7.56. The second-order valence-corrected chi connectivity index (χ2v) is 2.77. The van der Waals surface area contributed by atoms with Gasteiger partial charge in [-0.25, -0.2) is 4.79 Å². The fraction of sp³-hybridized carbons (Fsp3) is 0.200. The lowest BCUT2D eigenvalue weighted by Gasteiger charge is -2.00. The van der Waals surface area contributed by atoms with Gasteiger partial charge in [0.25, 0.3) is 0 Å². The molecule has 74 valence electrons. The number of amides is 1. The molecule has 0 heterocycles. The van der Waals surface area contributed by atoms with Gasteiger partial charge in [-0.2, -0.15) is 0 Å². The molecule has 0 aliphatic rings. The summed E-state index contributed by atoms with van der Waals surface area (Å²) >= 11 is 0. The Morgan fingerprint density at radius 1 is 1.21 bits per heavy atom. The molecule has 0 unspecified atom stereocenters. The fourth-order valence-electron chi connectivity index (χ4n) is 1.05. The van der Waals surface area contributed by atoms with Crippen LogP contribution in [0.3, 0.4) is 0 Å². The number of ketones is 1. The van der Waals surface area contributed by atoms with Crippen LogP contribution >= 0.6 is 0 Å². The molecule has 0 fully saturated rings. The van der Waals surface area contributed by atoms with E-state index in [1.807, 2.05) is 6.07 Å². The van der Waals surface area contributed by atoms with E-state index in [1.165, 1.54) is 0 Å².